The number of aliphatic hydroxyl groups excluding tert-OH is 1. The zero-order valence-corrected chi connectivity index (χ0v) is 13.5. The summed E-state index contributed by atoms with van der Waals surface area (Å²) < 4.78 is 6.47. The molecule has 1 rings (SSSR count). The molecular weight excluding hydrogens is 322 g/mol. The van der Waals surface area contributed by atoms with E-state index >= 15 is 0 Å². The molecule has 0 heterocycles. The first kappa shape index (κ1) is 17.0. The van der Waals surface area contributed by atoms with Crippen molar-refractivity contribution in [3.8, 4) is 5.75 Å². The van der Waals surface area contributed by atoms with Crippen LogP contribution in [-0.2, 0) is 4.79 Å². The largest absolute Gasteiger partial charge is 0.493 e. The minimum atomic E-state index is -0.0489. The molecule has 0 spiro atoms. The molecule has 0 saturated carbocycles. The van der Waals surface area contributed by atoms with Crippen molar-refractivity contribution in [1.82, 2.24) is 5.32 Å². The molecule has 112 valence electrons. The van der Waals surface area contributed by atoms with Crippen molar-refractivity contribution in [2.75, 3.05) is 13.2 Å². The molecule has 1 amide bonds. The standard InChI is InChI=1S/C15H22BrNO3/c1-11(2)14(6-8-18)17-15(19)7-9-20-13-5-3-4-12(16)10-13/h3-5,10-11,14,18H,6-9H2,1-2H3,(H,17,19). The summed E-state index contributed by atoms with van der Waals surface area (Å²) in [6.45, 7) is 4.47. The molecule has 1 atom stereocenters. The lowest BCUT2D eigenvalue weighted by molar-refractivity contribution is -0.122. The van der Waals surface area contributed by atoms with Gasteiger partial charge in [-0.2, -0.15) is 0 Å². The first-order valence-corrected chi connectivity index (χ1v) is 7.61. The highest BCUT2D eigenvalue weighted by Gasteiger charge is 2.15. The minimum absolute atomic E-state index is 0.0124. The van der Waals surface area contributed by atoms with Gasteiger partial charge in [0.25, 0.3) is 0 Å². The predicted octanol–water partition coefficient (Wildman–Crippen LogP) is 2.74. The molecule has 0 aromatic heterocycles. The Balaban J connectivity index is 2.32. The Morgan fingerprint density at radius 2 is 2.20 bits per heavy atom. The zero-order chi connectivity index (χ0) is 15.0. The van der Waals surface area contributed by atoms with E-state index in [1.807, 2.05) is 38.1 Å². The van der Waals surface area contributed by atoms with Gasteiger partial charge in [0.15, 0.2) is 0 Å². The van der Waals surface area contributed by atoms with Crippen molar-refractivity contribution >= 4 is 21.8 Å². The van der Waals surface area contributed by atoms with E-state index < -0.39 is 0 Å². The van der Waals surface area contributed by atoms with E-state index in [4.69, 9.17) is 9.84 Å². The molecular formula is C15H22BrNO3. The molecule has 0 bridgehead atoms. The summed E-state index contributed by atoms with van der Waals surface area (Å²) in [4.78, 5) is 11.8. The van der Waals surface area contributed by atoms with Gasteiger partial charge in [0.05, 0.1) is 13.0 Å². The maximum atomic E-state index is 11.8. The third-order valence-corrected chi connectivity index (χ3v) is 3.48. The average Bonchev–Trinajstić information content (AvgIpc) is 2.38. The van der Waals surface area contributed by atoms with Gasteiger partial charge in [-0.3, -0.25) is 4.79 Å². The molecule has 0 saturated heterocycles. The number of carbonyl (C=O) groups excluding carboxylic acids is 1. The molecule has 4 nitrogen and oxygen atoms in total. The number of halogens is 1. The van der Waals surface area contributed by atoms with Crippen LogP contribution in [-0.4, -0.2) is 30.3 Å². The van der Waals surface area contributed by atoms with Gasteiger partial charge < -0.3 is 15.2 Å². The first-order valence-electron chi connectivity index (χ1n) is 6.81. The van der Waals surface area contributed by atoms with Gasteiger partial charge in [0, 0.05) is 17.1 Å². The summed E-state index contributed by atoms with van der Waals surface area (Å²) in [5.41, 5.74) is 0. The van der Waals surface area contributed by atoms with Crippen molar-refractivity contribution in [1.29, 1.82) is 0 Å². The SMILES string of the molecule is CC(C)C(CCO)NC(=O)CCOc1cccc(Br)c1. The van der Waals surface area contributed by atoms with Crippen molar-refractivity contribution in [2.24, 2.45) is 5.92 Å². The minimum Gasteiger partial charge on any atom is -0.493 e. The summed E-state index contributed by atoms with van der Waals surface area (Å²) in [6.07, 6.45) is 0.886. The number of hydrogen-bond donors (Lipinski definition) is 2. The van der Waals surface area contributed by atoms with E-state index in [-0.39, 0.29) is 18.6 Å². The van der Waals surface area contributed by atoms with Gasteiger partial charge >= 0.3 is 0 Å². The lowest BCUT2D eigenvalue weighted by Gasteiger charge is -2.21. The number of nitrogens with one attached hydrogen (secondary N) is 1. The topological polar surface area (TPSA) is 58.6 Å². The van der Waals surface area contributed by atoms with Gasteiger partial charge in [0.2, 0.25) is 5.91 Å². The molecule has 0 radical (unpaired) electrons. The van der Waals surface area contributed by atoms with E-state index in [1.54, 1.807) is 0 Å². The lowest BCUT2D eigenvalue weighted by atomic mass is 10.0. The van der Waals surface area contributed by atoms with Crippen LogP contribution in [0.15, 0.2) is 28.7 Å². The Morgan fingerprint density at radius 1 is 1.45 bits per heavy atom. The van der Waals surface area contributed by atoms with Gasteiger partial charge in [-0.05, 0) is 30.5 Å². The molecule has 0 fully saturated rings. The fraction of sp³-hybridized carbons (Fsp3) is 0.533. The maximum Gasteiger partial charge on any atom is 0.223 e. The number of benzene rings is 1. The Labute approximate surface area is 128 Å². The molecule has 0 aliphatic rings. The number of amides is 1. The first-order chi connectivity index (χ1) is 9.52. The monoisotopic (exact) mass is 343 g/mol. The zero-order valence-electron chi connectivity index (χ0n) is 11.9. The fourth-order valence-corrected chi connectivity index (χ4v) is 2.19. The maximum absolute atomic E-state index is 11.8. The lowest BCUT2D eigenvalue weighted by Crippen LogP contribution is -2.39. The summed E-state index contributed by atoms with van der Waals surface area (Å²) >= 11 is 3.37. The summed E-state index contributed by atoms with van der Waals surface area (Å²) in [5, 5.41) is 11.9. The highest BCUT2D eigenvalue weighted by Crippen LogP contribution is 2.17. The van der Waals surface area contributed by atoms with E-state index in [2.05, 4.69) is 21.2 Å². The second-order valence-electron chi connectivity index (χ2n) is 4.99. The van der Waals surface area contributed by atoms with Gasteiger partial charge in [-0.1, -0.05) is 35.8 Å². The van der Waals surface area contributed by atoms with Crippen LogP contribution in [0.5, 0.6) is 5.75 Å². The van der Waals surface area contributed by atoms with Crippen LogP contribution in [0.1, 0.15) is 26.7 Å². The van der Waals surface area contributed by atoms with Crippen LogP contribution in [0.3, 0.4) is 0 Å². The molecule has 0 aliphatic heterocycles. The number of ether oxygens (including phenoxy) is 1. The number of rotatable bonds is 8. The van der Waals surface area contributed by atoms with Crippen molar-refractivity contribution < 1.29 is 14.6 Å². The van der Waals surface area contributed by atoms with Crippen molar-refractivity contribution in [2.45, 2.75) is 32.7 Å². The molecule has 1 aromatic carbocycles. The van der Waals surface area contributed by atoms with Gasteiger partial charge in [-0.15, -0.1) is 0 Å². The van der Waals surface area contributed by atoms with Crippen molar-refractivity contribution in [3.05, 3.63) is 28.7 Å². The second-order valence-corrected chi connectivity index (χ2v) is 5.90. The predicted molar refractivity (Wildman–Crippen MR) is 82.7 cm³/mol. The average molecular weight is 344 g/mol. The number of carbonyl (C=O) groups is 1. The highest BCUT2D eigenvalue weighted by molar-refractivity contribution is 9.10. The Kier molecular flexibility index (Phi) is 7.62. The molecule has 1 unspecified atom stereocenters. The summed E-state index contributed by atoms with van der Waals surface area (Å²) in [7, 11) is 0. The Hall–Kier alpha value is -1.07. The number of aliphatic hydroxyl groups is 1. The highest BCUT2D eigenvalue weighted by atomic mass is 79.9. The van der Waals surface area contributed by atoms with Crippen LogP contribution < -0.4 is 10.1 Å². The second kappa shape index (κ2) is 8.97. The van der Waals surface area contributed by atoms with E-state index in [1.165, 1.54) is 0 Å². The molecule has 5 heteroatoms. The number of hydrogen-bond acceptors (Lipinski definition) is 3. The molecule has 1 aromatic rings. The normalized spacial score (nSPS) is 12.2. The Morgan fingerprint density at radius 3 is 2.80 bits per heavy atom. The van der Waals surface area contributed by atoms with Crippen molar-refractivity contribution in [3.63, 3.8) is 0 Å². The quantitative estimate of drug-likeness (QED) is 0.762. The van der Waals surface area contributed by atoms with Crippen LogP contribution in [0.25, 0.3) is 0 Å². The van der Waals surface area contributed by atoms with Crippen LogP contribution in [0.2, 0.25) is 0 Å². The Bertz CT molecular complexity index is 423. The van der Waals surface area contributed by atoms with Crippen LogP contribution in [0.4, 0.5) is 0 Å². The fourth-order valence-electron chi connectivity index (χ4n) is 1.81. The third-order valence-electron chi connectivity index (χ3n) is 2.99. The van der Waals surface area contributed by atoms with Crippen LogP contribution >= 0.6 is 15.9 Å². The summed E-state index contributed by atoms with van der Waals surface area (Å²) in [6, 6.07) is 7.53. The molecule has 2 N–H and O–H groups in total. The summed E-state index contributed by atoms with van der Waals surface area (Å²) in [5.74, 6) is 0.993. The molecule has 0 aliphatic carbocycles. The van der Waals surface area contributed by atoms with Crippen LogP contribution in [0, 0.1) is 5.92 Å². The van der Waals surface area contributed by atoms with Gasteiger partial charge in [0.1, 0.15) is 5.75 Å². The van der Waals surface area contributed by atoms with E-state index in [0.29, 0.717) is 25.4 Å². The smallest absolute Gasteiger partial charge is 0.223 e. The van der Waals surface area contributed by atoms with E-state index in [0.717, 1.165) is 10.2 Å². The van der Waals surface area contributed by atoms with E-state index in [9.17, 15) is 4.79 Å². The third kappa shape index (κ3) is 6.39. The van der Waals surface area contributed by atoms with Gasteiger partial charge in [-0.25, -0.2) is 0 Å². The molecule has 20 heavy (non-hydrogen) atoms.